The largest absolute Gasteiger partial charge is 0.351 e. The SMILES string of the molecule is CS(=O)Cc1cccc(C(=O)NCC2(C)CCNCC2)c1.Cl. The van der Waals surface area contributed by atoms with Gasteiger partial charge in [0.1, 0.15) is 0 Å². The average molecular weight is 345 g/mol. The maximum atomic E-state index is 12.3. The van der Waals surface area contributed by atoms with Crippen LogP contribution in [0.3, 0.4) is 0 Å². The zero-order valence-electron chi connectivity index (χ0n) is 13.2. The fourth-order valence-electron chi connectivity index (χ4n) is 2.64. The van der Waals surface area contributed by atoms with Crippen LogP contribution in [0, 0.1) is 5.41 Å². The maximum absolute atomic E-state index is 12.3. The van der Waals surface area contributed by atoms with Crippen LogP contribution in [0.5, 0.6) is 0 Å². The Morgan fingerprint density at radius 2 is 2.05 bits per heavy atom. The molecule has 0 radical (unpaired) electrons. The van der Waals surface area contributed by atoms with Gasteiger partial charge in [-0.05, 0) is 49.0 Å². The minimum absolute atomic E-state index is 0. The second-order valence-corrected chi connectivity index (χ2v) is 7.60. The van der Waals surface area contributed by atoms with Gasteiger partial charge in [-0.25, -0.2) is 0 Å². The Labute approximate surface area is 141 Å². The van der Waals surface area contributed by atoms with Crippen molar-refractivity contribution in [3.63, 3.8) is 0 Å². The quantitative estimate of drug-likeness (QED) is 0.860. The molecule has 1 aliphatic heterocycles. The van der Waals surface area contributed by atoms with Crippen LogP contribution in [0.1, 0.15) is 35.7 Å². The number of halogens is 1. The lowest BCUT2D eigenvalue weighted by molar-refractivity contribution is 0.0922. The Morgan fingerprint density at radius 1 is 1.36 bits per heavy atom. The van der Waals surface area contributed by atoms with Gasteiger partial charge in [-0.3, -0.25) is 9.00 Å². The van der Waals surface area contributed by atoms with Gasteiger partial charge in [-0.1, -0.05) is 19.1 Å². The third kappa shape index (κ3) is 5.71. The van der Waals surface area contributed by atoms with Gasteiger partial charge in [-0.15, -0.1) is 12.4 Å². The molecule has 0 aliphatic carbocycles. The van der Waals surface area contributed by atoms with E-state index < -0.39 is 10.8 Å². The Hall–Kier alpha value is -0.910. The zero-order chi connectivity index (χ0) is 15.3. The molecule has 1 fully saturated rings. The van der Waals surface area contributed by atoms with Gasteiger partial charge in [0.2, 0.25) is 0 Å². The summed E-state index contributed by atoms with van der Waals surface area (Å²) in [7, 11) is -0.891. The molecule has 1 heterocycles. The van der Waals surface area contributed by atoms with Crippen molar-refractivity contribution in [1.82, 2.24) is 10.6 Å². The van der Waals surface area contributed by atoms with Crippen LogP contribution in [0.2, 0.25) is 0 Å². The van der Waals surface area contributed by atoms with Crippen LogP contribution < -0.4 is 10.6 Å². The number of benzene rings is 1. The highest BCUT2D eigenvalue weighted by Gasteiger charge is 2.27. The van der Waals surface area contributed by atoms with E-state index in [1.54, 1.807) is 6.26 Å². The fraction of sp³-hybridized carbons (Fsp3) is 0.562. The minimum Gasteiger partial charge on any atom is -0.351 e. The van der Waals surface area contributed by atoms with Crippen molar-refractivity contribution in [2.24, 2.45) is 5.41 Å². The highest BCUT2D eigenvalue weighted by molar-refractivity contribution is 7.83. The normalized spacial score (nSPS) is 18.1. The second kappa shape index (κ2) is 8.65. The van der Waals surface area contributed by atoms with E-state index in [1.807, 2.05) is 24.3 Å². The Bertz CT molecular complexity index is 531. The molecule has 1 amide bonds. The van der Waals surface area contributed by atoms with Crippen molar-refractivity contribution in [3.05, 3.63) is 35.4 Å². The van der Waals surface area contributed by atoms with Crippen molar-refractivity contribution in [3.8, 4) is 0 Å². The summed E-state index contributed by atoms with van der Waals surface area (Å²) in [6, 6.07) is 7.40. The van der Waals surface area contributed by atoms with Gasteiger partial charge >= 0.3 is 0 Å². The van der Waals surface area contributed by atoms with E-state index in [-0.39, 0.29) is 23.7 Å². The monoisotopic (exact) mass is 344 g/mol. The van der Waals surface area contributed by atoms with Crippen molar-refractivity contribution in [1.29, 1.82) is 0 Å². The highest BCUT2D eigenvalue weighted by Crippen LogP contribution is 2.26. The zero-order valence-corrected chi connectivity index (χ0v) is 14.8. The minimum atomic E-state index is -0.891. The first kappa shape index (κ1) is 19.1. The molecular weight excluding hydrogens is 320 g/mol. The molecule has 22 heavy (non-hydrogen) atoms. The maximum Gasteiger partial charge on any atom is 0.251 e. The molecule has 1 aliphatic rings. The van der Waals surface area contributed by atoms with Gasteiger partial charge in [0.05, 0.1) is 0 Å². The first-order valence-corrected chi connectivity index (χ1v) is 9.09. The molecule has 6 heteroatoms. The third-order valence-corrected chi connectivity index (χ3v) is 4.79. The van der Waals surface area contributed by atoms with Crippen molar-refractivity contribution < 1.29 is 9.00 Å². The number of carbonyl (C=O) groups excluding carboxylic acids is 1. The molecule has 2 rings (SSSR count). The lowest BCUT2D eigenvalue weighted by Gasteiger charge is -2.34. The number of nitrogens with one attached hydrogen (secondary N) is 2. The van der Waals surface area contributed by atoms with Crippen LogP contribution >= 0.6 is 12.4 Å². The molecular formula is C16H25ClN2O2S. The standard InChI is InChI=1S/C16H24N2O2S.ClH/c1-16(6-8-17-9-7-16)12-18-15(19)14-5-3-4-13(10-14)11-21(2)20;/h3-5,10,17H,6-9,11-12H2,1-2H3,(H,18,19);1H. The second-order valence-electron chi connectivity index (χ2n) is 6.16. The first-order chi connectivity index (χ1) is 9.98. The summed E-state index contributed by atoms with van der Waals surface area (Å²) in [5.41, 5.74) is 1.77. The lowest BCUT2D eigenvalue weighted by Crippen LogP contribution is -2.42. The predicted molar refractivity (Wildman–Crippen MR) is 94.0 cm³/mol. The van der Waals surface area contributed by atoms with Crippen molar-refractivity contribution in [2.45, 2.75) is 25.5 Å². The van der Waals surface area contributed by atoms with Gasteiger partial charge in [0.25, 0.3) is 5.91 Å². The van der Waals surface area contributed by atoms with E-state index in [2.05, 4.69) is 17.6 Å². The van der Waals surface area contributed by atoms with E-state index in [4.69, 9.17) is 0 Å². The van der Waals surface area contributed by atoms with E-state index >= 15 is 0 Å². The Balaban J connectivity index is 0.00000242. The number of amides is 1. The third-order valence-electron chi connectivity index (χ3n) is 4.05. The van der Waals surface area contributed by atoms with Crippen LogP contribution in [0.15, 0.2) is 24.3 Å². The summed E-state index contributed by atoms with van der Waals surface area (Å²) in [6.07, 6.45) is 3.84. The van der Waals surface area contributed by atoms with E-state index in [0.29, 0.717) is 17.9 Å². The Morgan fingerprint density at radius 3 is 2.68 bits per heavy atom. The van der Waals surface area contributed by atoms with Gasteiger partial charge in [0, 0.05) is 34.9 Å². The summed E-state index contributed by atoms with van der Waals surface area (Å²) < 4.78 is 11.3. The van der Waals surface area contributed by atoms with E-state index in [0.717, 1.165) is 31.5 Å². The highest BCUT2D eigenvalue weighted by atomic mass is 35.5. The summed E-state index contributed by atoms with van der Waals surface area (Å²) in [5.74, 6) is 0.448. The summed E-state index contributed by atoms with van der Waals surface area (Å²) in [5, 5.41) is 6.39. The molecule has 0 bridgehead atoms. The molecule has 2 N–H and O–H groups in total. The van der Waals surface area contributed by atoms with E-state index in [9.17, 15) is 9.00 Å². The summed E-state index contributed by atoms with van der Waals surface area (Å²) in [4.78, 5) is 12.3. The fourth-order valence-corrected chi connectivity index (χ4v) is 3.29. The number of hydrogen-bond acceptors (Lipinski definition) is 3. The Kier molecular flexibility index (Phi) is 7.53. The number of piperidine rings is 1. The molecule has 1 unspecified atom stereocenters. The predicted octanol–water partition coefficient (Wildman–Crippen LogP) is 2.11. The topological polar surface area (TPSA) is 58.2 Å². The first-order valence-electron chi connectivity index (χ1n) is 7.36. The van der Waals surface area contributed by atoms with E-state index in [1.165, 1.54) is 0 Å². The molecule has 1 saturated heterocycles. The summed E-state index contributed by atoms with van der Waals surface area (Å²) >= 11 is 0. The smallest absolute Gasteiger partial charge is 0.251 e. The molecule has 0 aromatic heterocycles. The molecule has 0 saturated carbocycles. The van der Waals surface area contributed by atoms with Gasteiger partial charge < -0.3 is 10.6 Å². The molecule has 1 aromatic carbocycles. The van der Waals surface area contributed by atoms with Gasteiger partial charge in [-0.2, -0.15) is 0 Å². The van der Waals surface area contributed by atoms with Crippen molar-refractivity contribution >= 4 is 29.1 Å². The van der Waals surface area contributed by atoms with Crippen LogP contribution in [0.4, 0.5) is 0 Å². The van der Waals surface area contributed by atoms with Crippen molar-refractivity contribution in [2.75, 3.05) is 25.9 Å². The molecule has 1 atom stereocenters. The van der Waals surface area contributed by atoms with Gasteiger partial charge in [0.15, 0.2) is 0 Å². The molecule has 124 valence electrons. The van der Waals surface area contributed by atoms with Crippen LogP contribution in [0.25, 0.3) is 0 Å². The van der Waals surface area contributed by atoms with Crippen LogP contribution in [-0.4, -0.2) is 36.0 Å². The lowest BCUT2D eigenvalue weighted by atomic mass is 9.81. The summed E-state index contributed by atoms with van der Waals surface area (Å²) in [6.45, 7) is 4.97. The number of carbonyl (C=O) groups is 1. The molecule has 4 nitrogen and oxygen atoms in total. The molecule has 0 spiro atoms. The number of rotatable bonds is 5. The number of hydrogen-bond donors (Lipinski definition) is 2. The average Bonchev–Trinajstić information content (AvgIpc) is 2.45. The van der Waals surface area contributed by atoms with Crippen LogP contribution in [-0.2, 0) is 16.6 Å². The molecule has 1 aromatic rings.